The molecule has 140 valence electrons. The zero-order valence-electron chi connectivity index (χ0n) is 13.7. The number of rotatable bonds is 2. The molecule has 26 heavy (non-hydrogen) atoms. The quantitative estimate of drug-likeness (QED) is 0.833. The number of nitrogens with zero attached hydrogens (tertiary/aromatic N) is 2. The summed E-state index contributed by atoms with van der Waals surface area (Å²) in [5.41, 5.74) is 0.170. The summed E-state index contributed by atoms with van der Waals surface area (Å²) in [6, 6.07) is 3.20. The summed E-state index contributed by atoms with van der Waals surface area (Å²) in [5, 5.41) is 2.57. The number of amides is 3. The van der Waals surface area contributed by atoms with Gasteiger partial charge in [-0.3, -0.25) is 14.4 Å². The van der Waals surface area contributed by atoms with E-state index in [2.05, 4.69) is 10.1 Å². The number of benzene rings is 1. The Balaban J connectivity index is 1.69. The topological polar surface area (TPSA) is 79.0 Å². The number of carbonyl (C=O) groups excluding carboxylic acids is 3. The highest BCUT2D eigenvalue weighted by Crippen LogP contribution is 2.24. The number of carbonyl (C=O) groups is 3. The molecule has 0 radical (unpaired) electrons. The van der Waals surface area contributed by atoms with E-state index in [1.165, 1.54) is 21.9 Å². The average molecular weight is 371 g/mol. The minimum atomic E-state index is -4.81. The maximum atomic E-state index is 12.6. The lowest BCUT2D eigenvalue weighted by atomic mass is 10.0. The van der Waals surface area contributed by atoms with Crippen LogP contribution in [0.3, 0.4) is 0 Å². The van der Waals surface area contributed by atoms with Gasteiger partial charge in [-0.2, -0.15) is 0 Å². The molecule has 0 bridgehead atoms. The van der Waals surface area contributed by atoms with E-state index in [9.17, 15) is 27.6 Å². The Morgan fingerprint density at radius 2 is 1.85 bits per heavy atom. The van der Waals surface area contributed by atoms with Crippen molar-refractivity contribution in [2.45, 2.75) is 25.4 Å². The molecule has 1 N–H and O–H groups in total. The van der Waals surface area contributed by atoms with Gasteiger partial charge in [-0.1, -0.05) is 0 Å². The van der Waals surface area contributed by atoms with E-state index < -0.39 is 30.1 Å². The SMILES string of the molecule is C[C@@H]1NC(=O)[C@H]2CN(C(=O)c3ccc(OC(F)(F)F)cc3)CCN2C1=O. The van der Waals surface area contributed by atoms with Crippen LogP contribution >= 0.6 is 0 Å². The summed E-state index contributed by atoms with van der Waals surface area (Å²) < 4.78 is 40.3. The van der Waals surface area contributed by atoms with Crippen molar-refractivity contribution in [2.24, 2.45) is 0 Å². The summed E-state index contributed by atoms with van der Waals surface area (Å²) in [5.74, 6) is -1.38. The molecule has 0 spiro atoms. The molecule has 7 nitrogen and oxygen atoms in total. The molecule has 2 atom stereocenters. The molecule has 2 saturated heterocycles. The molecule has 10 heteroatoms. The summed E-state index contributed by atoms with van der Waals surface area (Å²) in [6.07, 6.45) is -4.81. The van der Waals surface area contributed by atoms with Gasteiger partial charge in [0.1, 0.15) is 17.8 Å². The summed E-state index contributed by atoms with van der Waals surface area (Å²) in [4.78, 5) is 39.6. The Morgan fingerprint density at radius 3 is 2.46 bits per heavy atom. The fourth-order valence-corrected chi connectivity index (χ4v) is 3.06. The predicted molar refractivity (Wildman–Crippen MR) is 82.1 cm³/mol. The number of hydrogen-bond donors (Lipinski definition) is 1. The van der Waals surface area contributed by atoms with Crippen molar-refractivity contribution in [2.75, 3.05) is 19.6 Å². The monoisotopic (exact) mass is 371 g/mol. The van der Waals surface area contributed by atoms with Gasteiger partial charge in [-0.05, 0) is 31.2 Å². The first-order chi connectivity index (χ1) is 12.2. The third-order valence-electron chi connectivity index (χ3n) is 4.32. The Hall–Kier alpha value is -2.78. The average Bonchev–Trinajstić information content (AvgIpc) is 2.58. The third kappa shape index (κ3) is 3.58. The number of ether oxygens (including phenoxy) is 1. The molecule has 0 saturated carbocycles. The van der Waals surface area contributed by atoms with Crippen molar-refractivity contribution in [1.29, 1.82) is 0 Å². The van der Waals surface area contributed by atoms with Crippen molar-refractivity contribution in [3.8, 4) is 5.75 Å². The zero-order valence-corrected chi connectivity index (χ0v) is 13.7. The van der Waals surface area contributed by atoms with E-state index in [1.54, 1.807) is 6.92 Å². The molecule has 0 aromatic heterocycles. The molecular weight excluding hydrogens is 355 g/mol. The number of fused-ring (bicyclic) bond motifs is 1. The van der Waals surface area contributed by atoms with Crippen molar-refractivity contribution in [3.05, 3.63) is 29.8 Å². The second-order valence-corrected chi connectivity index (χ2v) is 6.10. The highest BCUT2D eigenvalue weighted by Gasteiger charge is 2.42. The second kappa shape index (κ2) is 6.50. The summed E-state index contributed by atoms with van der Waals surface area (Å²) >= 11 is 0. The van der Waals surface area contributed by atoms with E-state index in [4.69, 9.17) is 0 Å². The highest BCUT2D eigenvalue weighted by molar-refractivity contribution is 5.99. The van der Waals surface area contributed by atoms with Crippen LogP contribution in [0.25, 0.3) is 0 Å². The molecule has 3 amide bonds. The molecule has 0 aliphatic carbocycles. The van der Waals surface area contributed by atoms with Crippen LogP contribution in [-0.4, -0.2) is 65.6 Å². The van der Waals surface area contributed by atoms with Crippen molar-refractivity contribution < 1.29 is 32.3 Å². The van der Waals surface area contributed by atoms with Crippen LogP contribution in [0.4, 0.5) is 13.2 Å². The van der Waals surface area contributed by atoms with Crippen LogP contribution < -0.4 is 10.1 Å². The van der Waals surface area contributed by atoms with Gasteiger partial charge in [0.05, 0.1) is 6.54 Å². The van der Waals surface area contributed by atoms with E-state index >= 15 is 0 Å². The van der Waals surface area contributed by atoms with E-state index in [0.717, 1.165) is 12.1 Å². The van der Waals surface area contributed by atoms with Crippen LogP contribution in [0.1, 0.15) is 17.3 Å². The van der Waals surface area contributed by atoms with Gasteiger partial charge in [0.25, 0.3) is 5.91 Å². The largest absolute Gasteiger partial charge is 0.573 e. The Bertz CT molecular complexity index is 735. The predicted octanol–water partition coefficient (Wildman–Crippen LogP) is 0.756. The highest BCUT2D eigenvalue weighted by atomic mass is 19.4. The first-order valence-corrected chi connectivity index (χ1v) is 7.91. The molecule has 2 aliphatic rings. The normalized spacial score (nSPS) is 23.4. The zero-order chi connectivity index (χ0) is 19.1. The molecular formula is C16H16F3N3O4. The van der Waals surface area contributed by atoms with Crippen LogP contribution in [0.5, 0.6) is 5.75 Å². The second-order valence-electron chi connectivity index (χ2n) is 6.10. The number of piperazine rings is 2. The van der Waals surface area contributed by atoms with E-state index in [-0.39, 0.29) is 37.0 Å². The molecule has 2 fully saturated rings. The minimum Gasteiger partial charge on any atom is -0.406 e. The number of hydrogen-bond acceptors (Lipinski definition) is 4. The number of halogens is 3. The maximum Gasteiger partial charge on any atom is 0.573 e. The lowest BCUT2D eigenvalue weighted by molar-refractivity contribution is -0.274. The van der Waals surface area contributed by atoms with Crippen LogP contribution in [0, 0.1) is 0 Å². The lowest BCUT2D eigenvalue weighted by Crippen LogP contribution is -2.69. The number of nitrogens with one attached hydrogen (secondary N) is 1. The van der Waals surface area contributed by atoms with Crippen molar-refractivity contribution >= 4 is 17.7 Å². The molecule has 1 aromatic rings. The van der Waals surface area contributed by atoms with Gasteiger partial charge in [0.15, 0.2) is 0 Å². The van der Waals surface area contributed by atoms with Crippen LogP contribution in [-0.2, 0) is 9.59 Å². The lowest BCUT2D eigenvalue weighted by Gasteiger charge is -2.44. The van der Waals surface area contributed by atoms with Gasteiger partial charge >= 0.3 is 6.36 Å². The van der Waals surface area contributed by atoms with Crippen molar-refractivity contribution in [3.63, 3.8) is 0 Å². The fraction of sp³-hybridized carbons (Fsp3) is 0.438. The van der Waals surface area contributed by atoms with Gasteiger partial charge in [-0.15, -0.1) is 13.2 Å². The first-order valence-electron chi connectivity index (χ1n) is 7.91. The third-order valence-corrected chi connectivity index (χ3v) is 4.32. The summed E-state index contributed by atoms with van der Waals surface area (Å²) in [6.45, 7) is 2.09. The first kappa shape index (κ1) is 18.0. The smallest absolute Gasteiger partial charge is 0.406 e. The Morgan fingerprint density at radius 1 is 1.19 bits per heavy atom. The van der Waals surface area contributed by atoms with Gasteiger partial charge in [0, 0.05) is 18.7 Å². The van der Waals surface area contributed by atoms with E-state index in [1.807, 2.05) is 0 Å². The van der Waals surface area contributed by atoms with E-state index in [0.29, 0.717) is 0 Å². The molecule has 2 aliphatic heterocycles. The Kier molecular flexibility index (Phi) is 4.51. The molecule has 0 unspecified atom stereocenters. The Labute approximate surface area is 146 Å². The fourth-order valence-electron chi connectivity index (χ4n) is 3.06. The number of alkyl halides is 3. The molecule has 3 rings (SSSR count). The van der Waals surface area contributed by atoms with Gasteiger partial charge in [0.2, 0.25) is 11.8 Å². The minimum absolute atomic E-state index is 0.0317. The van der Waals surface area contributed by atoms with Crippen molar-refractivity contribution in [1.82, 2.24) is 15.1 Å². The maximum absolute atomic E-state index is 12.6. The summed E-state index contributed by atoms with van der Waals surface area (Å²) in [7, 11) is 0. The van der Waals surface area contributed by atoms with Gasteiger partial charge in [-0.25, -0.2) is 0 Å². The van der Waals surface area contributed by atoms with Crippen LogP contribution in [0.15, 0.2) is 24.3 Å². The molecule has 1 aromatic carbocycles. The molecule has 2 heterocycles. The standard InChI is InChI=1S/C16H16F3N3O4/c1-9-14(24)22-7-6-21(8-12(22)13(23)20-9)15(25)10-2-4-11(5-3-10)26-16(17,18)19/h2-5,9,12H,6-8H2,1H3,(H,20,23)/t9-,12+/m0/s1. The van der Waals surface area contributed by atoms with Gasteiger partial charge < -0.3 is 19.9 Å². The van der Waals surface area contributed by atoms with Crippen LogP contribution in [0.2, 0.25) is 0 Å².